The molecule has 0 bridgehead atoms. The van der Waals surface area contributed by atoms with Crippen LogP contribution in [0.5, 0.6) is 23.0 Å². The third kappa shape index (κ3) is 6.61. The van der Waals surface area contributed by atoms with Crippen LogP contribution in [0.2, 0.25) is 5.02 Å². The number of nitro benzene ring substituents is 1. The van der Waals surface area contributed by atoms with E-state index in [9.17, 15) is 10.1 Å². The average molecular weight is 503 g/mol. The number of non-ortho nitro benzene ring substituents is 1. The first-order valence-electron chi connectivity index (χ1n) is 11.2. The molecular weight excluding hydrogens is 480 g/mol. The molecule has 0 saturated heterocycles. The minimum absolute atomic E-state index is 0.0220. The molecule has 0 aromatic heterocycles. The van der Waals surface area contributed by atoms with Crippen LogP contribution in [0.15, 0.2) is 96.0 Å². The number of hydrogen-bond donors (Lipinski definition) is 0. The highest BCUT2D eigenvalue weighted by Crippen LogP contribution is 2.37. The van der Waals surface area contributed by atoms with E-state index >= 15 is 0 Å². The second-order valence-corrected chi connectivity index (χ2v) is 8.05. The molecule has 182 valence electrons. The number of nitro groups is 1. The predicted molar refractivity (Wildman–Crippen MR) is 140 cm³/mol. The van der Waals surface area contributed by atoms with Crippen molar-refractivity contribution in [3.63, 3.8) is 0 Å². The van der Waals surface area contributed by atoms with Crippen LogP contribution in [0, 0.1) is 10.1 Å². The highest BCUT2D eigenvalue weighted by molar-refractivity contribution is 6.32. The van der Waals surface area contributed by atoms with Gasteiger partial charge in [-0.2, -0.15) is 0 Å². The zero-order valence-corrected chi connectivity index (χ0v) is 20.2. The fourth-order valence-electron chi connectivity index (χ4n) is 3.31. The summed E-state index contributed by atoms with van der Waals surface area (Å²) in [6, 6.07) is 26.7. The van der Waals surface area contributed by atoms with E-state index in [0.29, 0.717) is 23.1 Å². The maximum Gasteiger partial charge on any atom is 0.269 e. The van der Waals surface area contributed by atoms with E-state index in [1.165, 1.54) is 12.1 Å². The summed E-state index contributed by atoms with van der Waals surface area (Å²) >= 11 is 6.51. The second-order valence-electron chi connectivity index (χ2n) is 7.64. The van der Waals surface area contributed by atoms with Gasteiger partial charge in [-0.25, -0.2) is 0 Å². The van der Waals surface area contributed by atoms with Crippen molar-refractivity contribution in [3.05, 3.63) is 117 Å². The Bertz CT molecular complexity index is 1340. The maximum absolute atomic E-state index is 10.8. The van der Waals surface area contributed by atoms with Crippen LogP contribution in [-0.4, -0.2) is 17.7 Å². The van der Waals surface area contributed by atoms with Crippen molar-refractivity contribution in [3.8, 4) is 23.0 Å². The number of ether oxygens (including phenoxy) is 3. The highest BCUT2D eigenvalue weighted by atomic mass is 35.5. The Kier molecular flexibility index (Phi) is 8.16. The summed E-state index contributed by atoms with van der Waals surface area (Å²) in [5, 5.41) is 11.2. The molecule has 0 amide bonds. The zero-order valence-electron chi connectivity index (χ0n) is 19.5. The minimum Gasteiger partial charge on any atom is -0.490 e. The van der Waals surface area contributed by atoms with Gasteiger partial charge in [0.05, 0.1) is 22.2 Å². The summed E-state index contributed by atoms with van der Waals surface area (Å²) in [6.45, 7) is 2.48. The van der Waals surface area contributed by atoms with Crippen LogP contribution >= 0.6 is 11.6 Å². The number of rotatable bonds is 10. The molecule has 0 atom stereocenters. The monoisotopic (exact) mass is 502 g/mol. The van der Waals surface area contributed by atoms with E-state index in [0.717, 1.165) is 28.3 Å². The zero-order chi connectivity index (χ0) is 25.3. The molecule has 0 aliphatic carbocycles. The molecule has 8 heteroatoms. The lowest BCUT2D eigenvalue weighted by atomic mass is 10.2. The quantitative estimate of drug-likeness (QED) is 0.126. The Morgan fingerprint density at radius 2 is 1.61 bits per heavy atom. The van der Waals surface area contributed by atoms with Gasteiger partial charge in [-0.1, -0.05) is 29.8 Å². The standard InChI is InChI=1S/C28H23ClN2O5/c1-2-34-27-17-21(16-26(29)28(27)35-19-20-8-12-23(13-9-20)31(32)33)18-30-22-10-14-25(15-11-22)36-24-6-4-3-5-7-24/h3-18H,2,19H2,1H3. The van der Waals surface area contributed by atoms with Gasteiger partial charge in [-0.05, 0) is 78.7 Å². The normalized spacial score (nSPS) is 10.8. The molecule has 0 fully saturated rings. The van der Waals surface area contributed by atoms with Gasteiger partial charge in [-0.3, -0.25) is 15.1 Å². The van der Waals surface area contributed by atoms with Crippen molar-refractivity contribution in [1.82, 2.24) is 0 Å². The highest BCUT2D eigenvalue weighted by Gasteiger charge is 2.13. The van der Waals surface area contributed by atoms with Crippen molar-refractivity contribution < 1.29 is 19.1 Å². The third-order valence-corrected chi connectivity index (χ3v) is 5.32. The molecule has 0 N–H and O–H groups in total. The summed E-state index contributed by atoms with van der Waals surface area (Å²) in [4.78, 5) is 14.9. The van der Waals surface area contributed by atoms with Crippen molar-refractivity contribution in [2.45, 2.75) is 13.5 Å². The molecule has 0 radical (unpaired) electrons. The summed E-state index contributed by atoms with van der Waals surface area (Å²) < 4.78 is 17.5. The van der Waals surface area contributed by atoms with Crippen molar-refractivity contribution in [2.75, 3.05) is 6.61 Å². The summed E-state index contributed by atoms with van der Waals surface area (Å²) in [5.41, 5.74) is 2.29. The van der Waals surface area contributed by atoms with Gasteiger partial charge in [0, 0.05) is 18.3 Å². The Morgan fingerprint density at radius 3 is 2.28 bits per heavy atom. The lowest BCUT2D eigenvalue weighted by Crippen LogP contribution is -2.01. The molecule has 36 heavy (non-hydrogen) atoms. The first-order chi connectivity index (χ1) is 17.5. The van der Waals surface area contributed by atoms with E-state index in [4.69, 9.17) is 25.8 Å². The van der Waals surface area contributed by atoms with Crippen LogP contribution < -0.4 is 14.2 Å². The van der Waals surface area contributed by atoms with Gasteiger partial charge < -0.3 is 14.2 Å². The summed E-state index contributed by atoms with van der Waals surface area (Å²) in [5.74, 6) is 2.37. The lowest BCUT2D eigenvalue weighted by Gasteiger charge is -2.14. The van der Waals surface area contributed by atoms with Crippen molar-refractivity contribution >= 4 is 29.2 Å². The molecule has 7 nitrogen and oxygen atoms in total. The Morgan fingerprint density at radius 1 is 0.917 bits per heavy atom. The third-order valence-electron chi connectivity index (χ3n) is 5.04. The molecule has 0 aliphatic rings. The molecular formula is C28H23ClN2O5. The van der Waals surface area contributed by atoms with Gasteiger partial charge in [-0.15, -0.1) is 0 Å². The fraction of sp³-hybridized carbons (Fsp3) is 0.107. The molecule has 4 aromatic rings. The molecule has 0 heterocycles. The summed E-state index contributed by atoms with van der Waals surface area (Å²) in [7, 11) is 0. The van der Waals surface area contributed by atoms with Crippen LogP contribution in [-0.2, 0) is 6.61 Å². The Hall–Kier alpha value is -4.36. The number of benzene rings is 4. The van der Waals surface area contributed by atoms with Crippen molar-refractivity contribution in [1.29, 1.82) is 0 Å². The molecule has 0 aliphatic heterocycles. The van der Waals surface area contributed by atoms with Crippen LogP contribution in [0.4, 0.5) is 11.4 Å². The number of hydrogen-bond acceptors (Lipinski definition) is 6. The van der Waals surface area contributed by atoms with E-state index in [2.05, 4.69) is 4.99 Å². The molecule has 0 spiro atoms. The van der Waals surface area contributed by atoms with Gasteiger partial charge in [0.1, 0.15) is 18.1 Å². The van der Waals surface area contributed by atoms with Gasteiger partial charge in [0.15, 0.2) is 11.5 Å². The fourth-order valence-corrected chi connectivity index (χ4v) is 3.58. The SMILES string of the molecule is CCOc1cc(C=Nc2ccc(Oc3ccccc3)cc2)cc(Cl)c1OCc1ccc([N+](=O)[O-])cc1. The second kappa shape index (κ2) is 11.9. The average Bonchev–Trinajstić information content (AvgIpc) is 2.89. The molecule has 0 unspecified atom stereocenters. The van der Waals surface area contributed by atoms with E-state index < -0.39 is 4.92 Å². The number of aliphatic imine (C=N–C) groups is 1. The van der Waals surface area contributed by atoms with Crippen LogP contribution in [0.3, 0.4) is 0 Å². The largest absolute Gasteiger partial charge is 0.490 e. The van der Waals surface area contributed by atoms with Gasteiger partial charge in [0.25, 0.3) is 5.69 Å². The van der Waals surface area contributed by atoms with Crippen LogP contribution in [0.25, 0.3) is 0 Å². The van der Waals surface area contributed by atoms with Gasteiger partial charge >= 0.3 is 0 Å². The Balaban J connectivity index is 1.45. The number of halogens is 1. The van der Waals surface area contributed by atoms with E-state index in [1.807, 2.05) is 61.5 Å². The number of nitrogens with zero attached hydrogens (tertiary/aromatic N) is 2. The molecule has 0 saturated carbocycles. The van der Waals surface area contributed by atoms with E-state index in [1.54, 1.807) is 30.5 Å². The first-order valence-corrected chi connectivity index (χ1v) is 11.6. The topological polar surface area (TPSA) is 83.2 Å². The van der Waals surface area contributed by atoms with Crippen molar-refractivity contribution in [2.24, 2.45) is 4.99 Å². The first kappa shape index (κ1) is 24.8. The lowest BCUT2D eigenvalue weighted by molar-refractivity contribution is -0.384. The van der Waals surface area contributed by atoms with Crippen LogP contribution in [0.1, 0.15) is 18.1 Å². The smallest absolute Gasteiger partial charge is 0.269 e. The number of para-hydroxylation sites is 1. The van der Waals surface area contributed by atoms with Gasteiger partial charge in [0.2, 0.25) is 0 Å². The maximum atomic E-state index is 10.8. The predicted octanol–water partition coefficient (Wildman–Crippen LogP) is 7.77. The molecule has 4 rings (SSSR count). The Labute approximate surface area is 213 Å². The summed E-state index contributed by atoms with van der Waals surface area (Å²) in [6.07, 6.45) is 1.70. The molecule has 4 aromatic carbocycles. The van der Waals surface area contributed by atoms with E-state index in [-0.39, 0.29) is 12.3 Å². The minimum atomic E-state index is -0.443.